The van der Waals surface area contributed by atoms with Crippen LogP contribution >= 0.6 is 31.9 Å². The highest BCUT2D eigenvalue weighted by Gasteiger charge is 2.48. The summed E-state index contributed by atoms with van der Waals surface area (Å²) in [7, 11) is 0. The van der Waals surface area contributed by atoms with Crippen molar-refractivity contribution < 1.29 is 19.1 Å². The Balaban J connectivity index is 1.90. The lowest BCUT2D eigenvalue weighted by Crippen LogP contribution is -2.37. The van der Waals surface area contributed by atoms with Gasteiger partial charge in [0.25, 0.3) is 0 Å². The Hall–Kier alpha value is -1.84. The molecule has 0 aromatic heterocycles. The Bertz CT molecular complexity index is 1060. The Morgan fingerprint density at radius 1 is 0.969 bits per heavy atom. The van der Waals surface area contributed by atoms with Gasteiger partial charge in [0, 0.05) is 42.7 Å². The fourth-order valence-corrected chi connectivity index (χ4v) is 6.46. The number of terminal acetylenes is 1. The molecule has 168 valence electrons. The molecule has 0 bridgehead atoms. The Morgan fingerprint density at radius 2 is 1.44 bits per heavy atom. The number of hydrogen-bond donors (Lipinski definition) is 0. The summed E-state index contributed by atoms with van der Waals surface area (Å²) in [4.78, 5) is 26.7. The average Bonchev–Trinajstić information content (AvgIpc) is 2.63. The molecule has 1 aromatic carbocycles. The largest absolute Gasteiger partial charge is 0.479 e. The van der Waals surface area contributed by atoms with Crippen LogP contribution in [-0.4, -0.2) is 18.2 Å². The van der Waals surface area contributed by atoms with Crippen LogP contribution in [0.5, 0.6) is 5.75 Å². The first-order valence-corrected chi connectivity index (χ1v) is 12.3. The summed E-state index contributed by atoms with van der Waals surface area (Å²) in [5.41, 5.74) is 1.72. The van der Waals surface area contributed by atoms with Crippen LogP contribution in [0.25, 0.3) is 0 Å². The summed E-state index contributed by atoms with van der Waals surface area (Å²) in [5.74, 6) is 4.12. The van der Waals surface area contributed by atoms with E-state index in [-0.39, 0.29) is 29.0 Å². The predicted octanol–water partition coefficient (Wildman–Crippen LogP) is 6.62. The minimum absolute atomic E-state index is 0.0466. The molecule has 1 aromatic rings. The first-order valence-electron chi connectivity index (χ1n) is 10.7. The number of ketones is 2. The second-order valence-corrected chi connectivity index (χ2v) is 12.1. The van der Waals surface area contributed by atoms with Gasteiger partial charge in [-0.25, -0.2) is 0 Å². The molecule has 2 aliphatic carbocycles. The normalized spacial score (nSPS) is 22.2. The van der Waals surface area contributed by atoms with Gasteiger partial charge in [-0.3, -0.25) is 9.59 Å². The average molecular weight is 562 g/mol. The second-order valence-electron chi connectivity index (χ2n) is 10.4. The van der Waals surface area contributed by atoms with Gasteiger partial charge in [-0.05, 0) is 60.4 Å². The van der Waals surface area contributed by atoms with Gasteiger partial charge in [0.15, 0.2) is 11.6 Å². The van der Waals surface area contributed by atoms with E-state index in [2.05, 4.69) is 65.5 Å². The number of rotatable bonds is 3. The third-order valence-corrected chi connectivity index (χ3v) is 7.41. The third kappa shape index (κ3) is 4.22. The molecule has 0 saturated heterocycles. The zero-order chi connectivity index (χ0) is 23.4. The van der Waals surface area contributed by atoms with Gasteiger partial charge < -0.3 is 9.47 Å². The number of benzene rings is 1. The summed E-state index contributed by atoms with van der Waals surface area (Å²) in [6, 6.07) is 3.84. The molecule has 4 rings (SSSR count). The number of carbonyl (C=O) groups excluding carboxylic acids is 2. The zero-order valence-electron chi connectivity index (χ0n) is 18.7. The van der Waals surface area contributed by atoms with Crippen molar-refractivity contribution in [2.75, 3.05) is 6.61 Å². The van der Waals surface area contributed by atoms with Crippen molar-refractivity contribution >= 4 is 43.4 Å². The molecule has 32 heavy (non-hydrogen) atoms. The first-order chi connectivity index (χ1) is 14.9. The Labute approximate surface area is 206 Å². The lowest BCUT2D eigenvalue weighted by Gasteiger charge is -2.42. The van der Waals surface area contributed by atoms with Crippen molar-refractivity contribution in [3.05, 3.63) is 49.3 Å². The predicted molar refractivity (Wildman–Crippen MR) is 130 cm³/mol. The smallest absolute Gasteiger partial charge is 0.163 e. The topological polar surface area (TPSA) is 52.6 Å². The molecular weight excluding hydrogens is 536 g/mol. The van der Waals surface area contributed by atoms with Crippen LogP contribution in [0.15, 0.2) is 43.7 Å². The fourth-order valence-electron chi connectivity index (χ4n) is 5.01. The molecule has 4 nitrogen and oxygen atoms in total. The van der Waals surface area contributed by atoms with Gasteiger partial charge in [0.05, 0.1) is 8.95 Å². The van der Waals surface area contributed by atoms with E-state index in [1.807, 2.05) is 12.1 Å². The summed E-state index contributed by atoms with van der Waals surface area (Å²) in [5, 5.41) is 0. The van der Waals surface area contributed by atoms with Crippen molar-refractivity contribution in [1.82, 2.24) is 0 Å². The summed E-state index contributed by atoms with van der Waals surface area (Å²) < 4.78 is 13.4. The van der Waals surface area contributed by atoms with E-state index < -0.39 is 5.92 Å². The lowest BCUT2D eigenvalue weighted by molar-refractivity contribution is -0.120. The van der Waals surface area contributed by atoms with Gasteiger partial charge in [-0.1, -0.05) is 33.6 Å². The molecule has 0 amide bonds. The molecule has 0 saturated carbocycles. The fraction of sp³-hybridized carbons (Fsp3) is 0.462. The molecule has 0 radical (unpaired) electrons. The standard InChI is InChI=1S/C26H26Br2O4/c1-6-7-31-24-15(27)8-14(9-16(24)28)21-22-17(29)10-25(2,3)12-19(22)32-20-13-26(4,5)11-18(30)23(20)21/h1,8-9,21H,7,10-13H2,2-5H3. The quantitative estimate of drug-likeness (QED) is 0.389. The number of halogens is 2. The highest BCUT2D eigenvalue weighted by molar-refractivity contribution is 9.11. The van der Waals surface area contributed by atoms with Gasteiger partial charge in [-0.2, -0.15) is 0 Å². The van der Waals surface area contributed by atoms with Crippen LogP contribution in [-0.2, 0) is 14.3 Å². The maximum absolute atomic E-state index is 13.4. The molecule has 1 aliphatic heterocycles. The van der Waals surface area contributed by atoms with E-state index >= 15 is 0 Å². The van der Waals surface area contributed by atoms with Crippen molar-refractivity contribution in [1.29, 1.82) is 0 Å². The van der Waals surface area contributed by atoms with Crippen LogP contribution in [0.2, 0.25) is 0 Å². The van der Waals surface area contributed by atoms with Crippen molar-refractivity contribution in [3.63, 3.8) is 0 Å². The van der Waals surface area contributed by atoms with Crippen LogP contribution < -0.4 is 4.74 Å². The van der Waals surface area contributed by atoms with Crippen LogP contribution in [0.4, 0.5) is 0 Å². The number of carbonyl (C=O) groups is 2. The van der Waals surface area contributed by atoms with E-state index in [1.165, 1.54) is 0 Å². The number of Topliss-reactive ketones (excluding diaryl/α,β-unsaturated/α-hetero) is 2. The maximum atomic E-state index is 13.4. The van der Waals surface area contributed by atoms with Crippen molar-refractivity contribution in [2.24, 2.45) is 10.8 Å². The molecule has 0 atom stereocenters. The summed E-state index contributed by atoms with van der Waals surface area (Å²) >= 11 is 7.16. The van der Waals surface area contributed by atoms with E-state index in [0.29, 0.717) is 63.0 Å². The minimum atomic E-state index is -0.449. The zero-order valence-corrected chi connectivity index (χ0v) is 21.9. The van der Waals surface area contributed by atoms with E-state index in [4.69, 9.17) is 15.9 Å². The van der Waals surface area contributed by atoms with Crippen molar-refractivity contribution in [3.8, 4) is 18.1 Å². The van der Waals surface area contributed by atoms with E-state index in [0.717, 1.165) is 5.56 Å². The molecule has 0 N–H and O–H groups in total. The molecule has 1 heterocycles. The number of allylic oxidation sites excluding steroid dienone is 4. The Kier molecular flexibility index (Phi) is 5.96. The summed E-state index contributed by atoms with van der Waals surface area (Å²) in [6.45, 7) is 8.46. The van der Waals surface area contributed by atoms with Crippen LogP contribution in [0, 0.1) is 23.2 Å². The number of ether oxygens (including phenoxy) is 2. The number of hydrogen-bond acceptors (Lipinski definition) is 4. The Morgan fingerprint density at radius 3 is 1.88 bits per heavy atom. The maximum Gasteiger partial charge on any atom is 0.163 e. The van der Waals surface area contributed by atoms with E-state index in [9.17, 15) is 9.59 Å². The summed E-state index contributed by atoms with van der Waals surface area (Å²) in [6.07, 6.45) is 7.53. The van der Waals surface area contributed by atoms with Crippen LogP contribution in [0.3, 0.4) is 0 Å². The monoisotopic (exact) mass is 560 g/mol. The van der Waals surface area contributed by atoms with Gasteiger partial charge >= 0.3 is 0 Å². The van der Waals surface area contributed by atoms with Crippen LogP contribution in [0.1, 0.15) is 64.9 Å². The van der Waals surface area contributed by atoms with E-state index in [1.54, 1.807) is 0 Å². The molecule has 0 fully saturated rings. The van der Waals surface area contributed by atoms with Crippen molar-refractivity contribution in [2.45, 2.75) is 59.3 Å². The van der Waals surface area contributed by atoms with Gasteiger partial charge in [0.1, 0.15) is 23.9 Å². The third-order valence-electron chi connectivity index (χ3n) is 6.24. The first kappa shape index (κ1) is 23.3. The molecule has 0 unspecified atom stereocenters. The molecule has 0 spiro atoms. The minimum Gasteiger partial charge on any atom is -0.479 e. The van der Waals surface area contributed by atoms with Gasteiger partial charge in [0.2, 0.25) is 0 Å². The second kappa shape index (κ2) is 8.18. The SMILES string of the molecule is C#CCOc1c(Br)cc(C2C3=C(CC(C)(C)CC3=O)OC3=C2C(=O)CC(C)(C)C3)cc1Br. The molecule has 6 heteroatoms. The molecule has 3 aliphatic rings. The highest BCUT2D eigenvalue weighted by Crippen LogP contribution is 2.54. The lowest BCUT2D eigenvalue weighted by atomic mass is 9.65. The van der Waals surface area contributed by atoms with Gasteiger partial charge in [-0.15, -0.1) is 6.42 Å². The molecular formula is C26H26Br2O4. The highest BCUT2D eigenvalue weighted by atomic mass is 79.9.